The van der Waals surface area contributed by atoms with Crippen molar-refractivity contribution in [3.8, 4) is 11.5 Å². The van der Waals surface area contributed by atoms with E-state index in [2.05, 4.69) is 20.3 Å². The van der Waals surface area contributed by atoms with Crippen molar-refractivity contribution in [1.29, 1.82) is 0 Å². The van der Waals surface area contributed by atoms with Crippen LogP contribution in [0.25, 0.3) is 11.5 Å². The lowest BCUT2D eigenvalue weighted by molar-refractivity contribution is -0.121. The largest absolute Gasteiger partial charge is 0.376 e. The molecule has 1 fully saturated rings. The monoisotopic (exact) mass is 342 g/mol. The van der Waals surface area contributed by atoms with Crippen molar-refractivity contribution in [2.24, 2.45) is 0 Å². The van der Waals surface area contributed by atoms with Gasteiger partial charge >= 0.3 is 0 Å². The molecule has 25 heavy (non-hydrogen) atoms. The molecule has 1 aliphatic heterocycles. The number of nitrogens with one attached hydrogen (secondary N) is 2. The van der Waals surface area contributed by atoms with Crippen molar-refractivity contribution in [3.63, 3.8) is 0 Å². The number of H-pyrrole nitrogens is 1. The molecular weight excluding hydrogens is 320 g/mol. The molecule has 2 N–H and O–H groups in total. The van der Waals surface area contributed by atoms with Crippen molar-refractivity contribution in [2.45, 2.75) is 45.3 Å². The second kappa shape index (κ2) is 7.57. The average molecular weight is 342 g/mol. The molecule has 0 saturated carbocycles. The Hall–Kier alpha value is -2.54. The van der Waals surface area contributed by atoms with E-state index in [-0.39, 0.29) is 30.0 Å². The molecule has 0 unspecified atom stereocenters. The van der Waals surface area contributed by atoms with E-state index >= 15 is 0 Å². The third-order valence-electron chi connectivity index (χ3n) is 4.38. The van der Waals surface area contributed by atoms with Crippen LogP contribution in [0.3, 0.4) is 0 Å². The summed E-state index contributed by atoms with van der Waals surface area (Å²) in [6, 6.07) is 5.32. The molecule has 1 aliphatic rings. The minimum atomic E-state index is -0.312. The number of aromatic amines is 1. The summed E-state index contributed by atoms with van der Waals surface area (Å²) < 4.78 is 5.58. The van der Waals surface area contributed by atoms with Gasteiger partial charge in [0.05, 0.1) is 18.6 Å². The smallest absolute Gasteiger partial charge is 0.255 e. The standard InChI is InChI=1S/C18H22N4O3/c1-11-13(10-16(23)20-12(2)15-7-5-9-25-15)18(24)22-17(21-11)14-6-3-4-8-19-14/h3-4,6,8,12,15H,5,7,9-10H2,1-2H3,(H,20,23)(H,21,22,24)/t12-,15-/m0/s1. The fraction of sp³-hybridized carbons (Fsp3) is 0.444. The first-order valence-corrected chi connectivity index (χ1v) is 8.47. The molecule has 1 amide bonds. The zero-order valence-corrected chi connectivity index (χ0v) is 14.4. The number of nitrogens with zero attached hydrogens (tertiary/aromatic N) is 2. The number of aromatic nitrogens is 3. The third kappa shape index (κ3) is 4.11. The van der Waals surface area contributed by atoms with Gasteiger partial charge in [-0.1, -0.05) is 6.07 Å². The second-order valence-electron chi connectivity index (χ2n) is 6.28. The van der Waals surface area contributed by atoms with Crippen LogP contribution < -0.4 is 10.9 Å². The zero-order valence-electron chi connectivity index (χ0n) is 14.4. The van der Waals surface area contributed by atoms with Gasteiger partial charge in [-0.2, -0.15) is 0 Å². The van der Waals surface area contributed by atoms with Gasteiger partial charge in [-0.05, 0) is 38.8 Å². The maximum absolute atomic E-state index is 12.4. The molecule has 0 radical (unpaired) electrons. The van der Waals surface area contributed by atoms with Crippen LogP contribution in [0.5, 0.6) is 0 Å². The van der Waals surface area contributed by atoms with Gasteiger partial charge in [0.1, 0.15) is 5.69 Å². The Morgan fingerprint density at radius 1 is 1.48 bits per heavy atom. The summed E-state index contributed by atoms with van der Waals surface area (Å²) in [6.45, 7) is 4.39. The Labute approximate surface area is 145 Å². The van der Waals surface area contributed by atoms with Crippen LogP contribution in [-0.4, -0.2) is 39.6 Å². The third-order valence-corrected chi connectivity index (χ3v) is 4.38. The summed E-state index contributed by atoms with van der Waals surface area (Å²) in [5.41, 5.74) is 1.18. The maximum Gasteiger partial charge on any atom is 0.255 e. The molecule has 0 spiro atoms. The number of ether oxygens (including phenoxy) is 1. The van der Waals surface area contributed by atoms with Crippen LogP contribution in [0, 0.1) is 6.92 Å². The van der Waals surface area contributed by atoms with Crippen molar-refractivity contribution in [1.82, 2.24) is 20.3 Å². The average Bonchev–Trinajstić information content (AvgIpc) is 3.13. The van der Waals surface area contributed by atoms with E-state index < -0.39 is 0 Å². The summed E-state index contributed by atoms with van der Waals surface area (Å²) in [5.74, 6) is 0.198. The predicted octanol–water partition coefficient (Wildman–Crippen LogP) is 1.37. The van der Waals surface area contributed by atoms with Crippen molar-refractivity contribution < 1.29 is 9.53 Å². The topological polar surface area (TPSA) is 97.0 Å². The maximum atomic E-state index is 12.4. The van der Waals surface area contributed by atoms with Gasteiger partial charge in [-0.25, -0.2) is 4.98 Å². The summed E-state index contributed by atoms with van der Waals surface area (Å²) in [5, 5.41) is 2.91. The lowest BCUT2D eigenvalue weighted by atomic mass is 10.1. The molecule has 7 heteroatoms. The molecule has 2 atom stereocenters. The van der Waals surface area contributed by atoms with Gasteiger partial charge in [0, 0.05) is 24.1 Å². The van der Waals surface area contributed by atoms with Crippen LogP contribution in [0.15, 0.2) is 29.2 Å². The van der Waals surface area contributed by atoms with E-state index in [1.807, 2.05) is 13.0 Å². The normalized spacial score (nSPS) is 18.1. The Kier molecular flexibility index (Phi) is 5.23. The molecular formula is C18H22N4O3. The van der Waals surface area contributed by atoms with Gasteiger partial charge in [-0.3, -0.25) is 14.6 Å². The fourth-order valence-corrected chi connectivity index (χ4v) is 3.00. The van der Waals surface area contributed by atoms with E-state index in [1.54, 1.807) is 25.3 Å². The SMILES string of the molecule is Cc1nc(-c2ccccn2)[nH]c(=O)c1CC(=O)N[C@@H](C)[C@@H]1CCCO1. The van der Waals surface area contributed by atoms with Gasteiger partial charge in [0.15, 0.2) is 5.82 Å². The number of carbonyl (C=O) groups excluding carboxylic acids is 1. The van der Waals surface area contributed by atoms with E-state index in [4.69, 9.17) is 4.74 Å². The number of carbonyl (C=O) groups is 1. The van der Waals surface area contributed by atoms with Gasteiger partial charge in [0.2, 0.25) is 5.91 Å². The number of hydrogen-bond acceptors (Lipinski definition) is 5. The van der Waals surface area contributed by atoms with Gasteiger partial charge < -0.3 is 15.0 Å². The number of pyridine rings is 1. The molecule has 132 valence electrons. The minimum Gasteiger partial charge on any atom is -0.376 e. The molecule has 0 aliphatic carbocycles. The number of aryl methyl sites for hydroxylation is 1. The van der Waals surface area contributed by atoms with Crippen molar-refractivity contribution >= 4 is 5.91 Å². The lowest BCUT2D eigenvalue weighted by Crippen LogP contribution is -2.42. The minimum absolute atomic E-state index is 0.00623. The molecule has 3 heterocycles. The van der Waals surface area contributed by atoms with Crippen LogP contribution in [-0.2, 0) is 16.0 Å². The van der Waals surface area contributed by atoms with Crippen molar-refractivity contribution in [3.05, 3.63) is 46.0 Å². The highest BCUT2D eigenvalue weighted by molar-refractivity contribution is 5.79. The van der Waals surface area contributed by atoms with Crippen LogP contribution in [0.1, 0.15) is 31.0 Å². The highest BCUT2D eigenvalue weighted by Gasteiger charge is 2.24. The Morgan fingerprint density at radius 3 is 2.96 bits per heavy atom. The summed E-state index contributed by atoms with van der Waals surface area (Å²) in [4.78, 5) is 35.9. The molecule has 2 aromatic heterocycles. The summed E-state index contributed by atoms with van der Waals surface area (Å²) in [6.07, 6.45) is 3.64. The Bertz CT molecular complexity index is 798. The van der Waals surface area contributed by atoms with E-state index in [0.717, 1.165) is 19.4 Å². The molecule has 0 bridgehead atoms. The first-order valence-electron chi connectivity index (χ1n) is 8.47. The molecule has 7 nitrogen and oxygen atoms in total. The zero-order chi connectivity index (χ0) is 17.8. The number of rotatable bonds is 5. The Morgan fingerprint density at radius 2 is 2.32 bits per heavy atom. The van der Waals surface area contributed by atoms with E-state index in [1.165, 1.54) is 0 Å². The van der Waals surface area contributed by atoms with E-state index in [9.17, 15) is 9.59 Å². The summed E-state index contributed by atoms with van der Waals surface area (Å²) >= 11 is 0. The first-order chi connectivity index (χ1) is 12.0. The van der Waals surface area contributed by atoms with E-state index in [0.29, 0.717) is 22.8 Å². The van der Waals surface area contributed by atoms with Gasteiger partial charge in [0.25, 0.3) is 5.56 Å². The number of hydrogen-bond donors (Lipinski definition) is 2. The van der Waals surface area contributed by atoms with Gasteiger partial charge in [-0.15, -0.1) is 0 Å². The highest BCUT2D eigenvalue weighted by atomic mass is 16.5. The fourth-order valence-electron chi connectivity index (χ4n) is 3.00. The predicted molar refractivity (Wildman–Crippen MR) is 93.1 cm³/mol. The molecule has 3 rings (SSSR count). The molecule has 0 aromatic carbocycles. The van der Waals surface area contributed by atoms with Crippen LogP contribution in [0.2, 0.25) is 0 Å². The first kappa shape index (κ1) is 17.3. The van der Waals surface area contributed by atoms with Crippen molar-refractivity contribution in [2.75, 3.05) is 6.61 Å². The number of amides is 1. The summed E-state index contributed by atoms with van der Waals surface area (Å²) in [7, 11) is 0. The Balaban J connectivity index is 1.72. The van der Waals surface area contributed by atoms with Crippen LogP contribution in [0.4, 0.5) is 0 Å². The lowest BCUT2D eigenvalue weighted by Gasteiger charge is -2.20. The second-order valence-corrected chi connectivity index (χ2v) is 6.28. The quantitative estimate of drug-likeness (QED) is 0.855. The highest BCUT2D eigenvalue weighted by Crippen LogP contribution is 2.15. The molecule has 1 saturated heterocycles. The van der Waals surface area contributed by atoms with Crippen LogP contribution >= 0.6 is 0 Å². The molecule has 2 aromatic rings.